The molecule has 0 spiro atoms. The number of rotatable bonds is 7. The first kappa shape index (κ1) is 19.4. The molecule has 144 valence electrons. The van der Waals surface area contributed by atoms with Crippen LogP contribution >= 0.6 is 0 Å². The molecule has 1 aliphatic rings. The van der Waals surface area contributed by atoms with Gasteiger partial charge in [-0.2, -0.15) is 0 Å². The maximum Gasteiger partial charge on any atom is 0.240 e. The van der Waals surface area contributed by atoms with Gasteiger partial charge in [0.25, 0.3) is 0 Å². The summed E-state index contributed by atoms with van der Waals surface area (Å²) in [5.74, 6) is 0.509. The molecule has 0 aromatic heterocycles. The average Bonchev–Trinajstić information content (AvgIpc) is 3.12. The number of sulfonamides is 1. The Hall–Kier alpha value is -2.38. The quantitative estimate of drug-likeness (QED) is 0.791. The van der Waals surface area contributed by atoms with E-state index in [1.54, 1.807) is 11.0 Å². The second kappa shape index (κ2) is 8.10. The molecule has 0 saturated carbocycles. The fraction of sp³-hybridized carbons (Fsp3) is 0.350. The summed E-state index contributed by atoms with van der Waals surface area (Å²) in [5, 5.41) is 0. The van der Waals surface area contributed by atoms with Crippen molar-refractivity contribution in [1.29, 1.82) is 0 Å². The average molecular weight is 388 g/mol. The van der Waals surface area contributed by atoms with Gasteiger partial charge in [0, 0.05) is 19.5 Å². The zero-order valence-electron chi connectivity index (χ0n) is 15.5. The van der Waals surface area contributed by atoms with E-state index in [0.717, 1.165) is 12.0 Å². The third kappa shape index (κ3) is 4.31. The highest BCUT2D eigenvalue weighted by Crippen LogP contribution is 2.33. The van der Waals surface area contributed by atoms with Crippen molar-refractivity contribution >= 4 is 21.6 Å². The number of nitrogens with one attached hydrogen (secondary N) is 1. The summed E-state index contributed by atoms with van der Waals surface area (Å²) in [5.41, 5.74) is 1.57. The van der Waals surface area contributed by atoms with Crippen LogP contribution in [0.5, 0.6) is 5.75 Å². The number of amides is 1. The molecular formula is C20H24N2O4S. The molecule has 1 N–H and O–H groups in total. The van der Waals surface area contributed by atoms with E-state index in [2.05, 4.69) is 4.72 Å². The molecule has 0 bridgehead atoms. The smallest absolute Gasteiger partial charge is 0.240 e. The van der Waals surface area contributed by atoms with Gasteiger partial charge >= 0.3 is 0 Å². The van der Waals surface area contributed by atoms with E-state index < -0.39 is 10.0 Å². The van der Waals surface area contributed by atoms with Crippen molar-refractivity contribution in [3.63, 3.8) is 0 Å². The van der Waals surface area contributed by atoms with Crippen molar-refractivity contribution in [3.05, 3.63) is 54.1 Å². The molecule has 1 amide bonds. The second-order valence-corrected chi connectivity index (χ2v) is 8.41. The highest BCUT2D eigenvalue weighted by atomic mass is 32.2. The lowest BCUT2D eigenvalue weighted by molar-refractivity contribution is -0.117. The van der Waals surface area contributed by atoms with Crippen LogP contribution in [0.4, 0.5) is 5.69 Å². The molecule has 7 heteroatoms. The number of hydrogen-bond acceptors (Lipinski definition) is 4. The van der Waals surface area contributed by atoms with Gasteiger partial charge in [-0.05, 0) is 36.1 Å². The normalized spacial score (nSPS) is 15.8. The van der Waals surface area contributed by atoms with E-state index in [1.165, 1.54) is 19.2 Å². The minimum atomic E-state index is -3.70. The number of carbonyl (C=O) groups excluding carboxylic acids is 1. The van der Waals surface area contributed by atoms with E-state index >= 15 is 0 Å². The van der Waals surface area contributed by atoms with Gasteiger partial charge in [0.1, 0.15) is 5.75 Å². The number of ether oxygens (including phenoxy) is 1. The zero-order chi connectivity index (χ0) is 19.4. The topological polar surface area (TPSA) is 75.7 Å². The molecule has 1 fully saturated rings. The summed E-state index contributed by atoms with van der Waals surface area (Å²) in [4.78, 5) is 13.8. The number of carbonyl (C=O) groups is 1. The van der Waals surface area contributed by atoms with E-state index in [9.17, 15) is 13.2 Å². The lowest BCUT2D eigenvalue weighted by atomic mass is 10.0. The van der Waals surface area contributed by atoms with Crippen LogP contribution in [0.2, 0.25) is 0 Å². The van der Waals surface area contributed by atoms with E-state index in [-0.39, 0.29) is 23.3 Å². The van der Waals surface area contributed by atoms with Crippen LogP contribution in [0, 0.1) is 0 Å². The molecule has 27 heavy (non-hydrogen) atoms. The van der Waals surface area contributed by atoms with E-state index in [1.807, 2.05) is 37.3 Å². The van der Waals surface area contributed by atoms with E-state index in [4.69, 9.17) is 4.74 Å². The summed E-state index contributed by atoms with van der Waals surface area (Å²) in [7, 11) is -2.19. The van der Waals surface area contributed by atoms with Gasteiger partial charge in [0.05, 0.1) is 17.7 Å². The molecule has 3 rings (SSSR count). The molecule has 2 aromatic carbocycles. The predicted octanol–water partition coefficient (Wildman–Crippen LogP) is 2.90. The molecule has 0 radical (unpaired) electrons. The lowest BCUT2D eigenvalue weighted by Gasteiger charge is -2.20. The molecule has 0 aliphatic carbocycles. The van der Waals surface area contributed by atoms with Crippen molar-refractivity contribution in [2.75, 3.05) is 25.1 Å². The van der Waals surface area contributed by atoms with E-state index in [0.29, 0.717) is 24.4 Å². The summed E-state index contributed by atoms with van der Waals surface area (Å²) >= 11 is 0. The Morgan fingerprint density at radius 2 is 1.93 bits per heavy atom. The fourth-order valence-electron chi connectivity index (χ4n) is 3.17. The van der Waals surface area contributed by atoms with Crippen LogP contribution in [-0.4, -0.2) is 34.5 Å². The fourth-order valence-corrected chi connectivity index (χ4v) is 4.32. The zero-order valence-corrected chi connectivity index (χ0v) is 16.3. The number of benzene rings is 2. The van der Waals surface area contributed by atoms with Gasteiger partial charge in [0.15, 0.2) is 0 Å². The third-order valence-corrected chi connectivity index (χ3v) is 6.19. The maximum atomic E-state index is 12.8. The first-order chi connectivity index (χ1) is 12.9. The van der Waals surface area contributed by atoms with Gasteiger partial charge in [-0.3, -0.25) is 4.79 Å². The Kier molecular flexibility index (Phi) is 5.82. The summed E-state index contributed by atoms with van der Waals surface area (Å²) in [6, 6.07) is 14.4. The molecule has 6 nitrogen and oxygen atoms in total. The minimum Gasteiger partial charge on any atom is -0.495 e. The van der Waals surface area contributed by atoms with Crippen LogP contribution in [0.25, 0.3) is 0 Å². The summed E-state index contributed by atoms with van der Waals surface area (Å²) in [6.07, 6.45) is 1.22. The predicted molar refractivity (Wildman–Crippen MR) is 105 cm³/mol. The van der Waals surface area contributed by atoms with Crippen molar-refractivity contribution in [2.24, 2.45) is 0 Å². The molecule has 1 saturated heterocycles. The third-order valence-electron chi connectivity index (χ3n) is 4.77. The molecule has 2 aromatic rings. The monoisotopic (exact) mass is 388 g/mol. The Morgan fingerprint density at radius 1 is 1.19 bits per heavy atom. The van der Waals surface area contributed by atoms with Crippen LogP contribution in [0.3, 0.4) is 0 Å². The van der Waals surface area contributed by atoms with Gasteiger partial charge in [0.2, 0.25) is 15.9 Å². The lowest BCUT2D eigenvalue weighted by Crippen LogP contribution is -2.28. The van der Waals surface area contributed by atoms with Crippen LogP contribution in [0.1, 0.15) is 31.2 Å². The van der Waals surface area contributed by atoms with Crippen LogP contribution < -0.4 is 14.4 Å². The van der Waals surface area contributed by atoms with Crippen molar-refractivity contribution in [1.82, 2.24) is 4.72 Å². The molecule has 0 unspecified atom stereocenters. The minimum absolute atomic E-state index is 0.0199. The van der Waals surface area contributed by atoms with Gasteiger partial charge < -0.3 is 9.64 Å². The molecular weight excluding hydrogens is 364 g/mol. The van der Waals surface area contributed by atoms with Crippen molar-refractivity contribution in [3.8, 4) is 5.75 Å². The van der Waals surface area contributed by atoms with Gasteiger partial charge in [-0.1, -0.05) is 37.3 Å². The Balaban J connectivity index is 1.81. The standard InChI is InChI=1S/C20H24N2O4S/c1-15(16-7-4-3-5-8-16)14-21-27(24,25)17-10-11-19(26-2)18(13-17)22-12-6-9-20(22)23/h3-5,7-8,10-11,13,15,21H,6,9,12,14H2,1-2H3/t15-/m0/s1. The number of hydrogen-bond donors (Lipinski definition) is 1. The molecule has 1 atom stereocenters. The molecule has 1 aliphatic heterocycles. The number of anilines is 1. The maximum absolute atomic E-state index is 12.8. The summed E-state index contributed by atoms with van der Waals surface area (Å²) in [6.45, 7) is 2.83. The van der Waals surface area contributed by atoms with Crippen LogP contribution in [0.15, 0.2) is 53.4 Å². The largest absolute Gasteiger partial charge is 0.495 e. The highest BCUT2D eigenvalue weighted by Gasteiger charge is 2.26. The highest BCUT2D eigenvalue weighted by molar-refractivity contribution is 7.89. The van der Waals surface area contributed by atoms with Crippen molar-refractivity contribution in [2.45, 2.75) is 30.6 Å². The first-order valence-electron chi connectivity index (χ1n) is 8.95. The first-order valence-corrected chi connectivity index (χ1v) is 10.4. The number of nitrogens with zero attached hydrogens (tertiary/aromatic N) is 1. The Labute approximate surface area is 160 Å². The van der Waals surface area contributed by atoms with Crippen molar-refractivity contribution < 1.29 is 17.9 Å². The summed E-state index contributed by atoms with van der Waals surface area (Å²) < 4.78 is 33.5. The SMILES string of the molecule is COc1ccc(S(=O)(=O)NC[C@H](C)c2ccccc2)cc1N1CCCC1=O. The second-order valence-electron chi connectivity index (χ2n) is 6.65. The Bertz CT molecular complexity index is 913. The number of methoxy groups -OCH3 is 1. The van der Waals surface area contributed by atoms with Crippen LogP contribution in [-0.2, 0) is 14.8 Å². The molecule has 1 heterocycles. The van der Waals surface area contributed by atoms with Gasteiger partial charge in [-0.25, -0.2) is 13.1 Å². The Morgan fingerprint density at radius 3 is 2.56 bits per heavy atom. The van der Waals surface area contributed by atoms with Gasteiger partial charge in [-0.15, -0.1) is 0 Å².